The molecule has 0 amide bonds. The van der Waals surface area contributed by atoms with E-state index in [1.165, 1.54) is 17.7 Å². The number of nitrogens with zero attached hydrogens (tertiary/aromatic N) is 2. The molecule has 0 aliphatic heterocycles. The van der Waals surface area contributed by atoms with Gasteiger partial charge in [0.05, 0.1) is 12.1 Å². The second-order valence-corrected chi connectivity index (χ2v) is 5.68. The molecule has 2 atom stereocenters. The average Bonchev–Trinajstić information content (AvgIpc) is 3.00. The largest absolute Gasteiger partial charge is 0.326 e. The predicted molar refractivity (Wildman–Crippen MR) is 70.7 cm³/mol. The summed E-state index contributed by atoms with van der Waals surface area (Å²) in [5.41, 5.74) is 6.15. The molecular weight excluding hydrogens is 230 g/mol. The molecule has 0 spiro atoms. The first-order chi connectivity index (χ1) is 8.24. The second-order valence-electron chi connectivity index (χ2n) is 4.70. The maximum Gasteiger partial charge on any atom is 0.0635 e. The van der Waals surface area contributed by atoms with Crippen LogP contribution in [0.15, 0.2) is 17.5 Å². The standard InChI is InChI=1S/C13H19N3S/c1-10(15)13(12-4-2-9-17-12)16(8-3-7-14)11-5-6-11/h2,4,9-11,13H,3,5-6,8,15H2,1H3. The predicted octanol–water partition coefficient (Wildman–Crippen LogP) is 2.51. The lowest BCUT2D eigenvalue weighted by Crippen LogP contribution is -2.41. The number of hydrogen-bond donors (Lipinski definition) is 1. The van der Waals surface area contributed by atoms with E-state index in [9.17, 15) is 0 Å². The lowest BCUT2D eigenvalue weighted by Gasteiger charge is -2.33. The van der Waals surface area contributed by atoms with Gasteiger partial charge in [-0.2, -0.15) is 5.26 Å². The summed E-state index contributed by atoms with van der Waals surface area (Å²) >= 11 is 1.76. The van der Waals surface area contributed by atoms with E-state index in [1.54, 1.807) is 11.3 Å². The molecule has 2 N–H and O–H groups in total. The normalized spacial score (nSPS) is 18.9. The van der Waals surface area contributed by atoms with Gasteiger partial charge >= 0.3 is 0 Å². The second kappa shape index (κ2) is 5.63. The third kappa shape index (κ3) is 3.06. The highest BCUT2D eigenvalue weighted by Gasteiger charge is 2.36. The van der Waals surface area contributed by atoms with Gasteiger partial charge in [-0.25, -0.2) is 0 Å². The van der Waals surface area contributed by atoms with Gasteiger partial charge in [-0.05, 0) is 31.2 Å². The molecule has 1 fully saturated rings. The van der Waals surface area contributed by atoms with Gasteiger partial charge < -0.3 is 5.73 Å². The van der Waals surface area contributed by atoms with Crippen molar-refractivity contribution in [3.63, 3.8) is 0 Å². The quantitative estimate of drug-likeness (QED) is 0.843. The van der Waals surface area contributed by atoms with Crippen molar-refractivity contribution >= 4 is 11.3 Å². The summed E-state index contributed by atoms with van der Waals surface area (Å²) in [7, 11) is 0. The minimum atomic E-state index is 0.105. The third-order valence-corrected chi connectivity index (χ3v) is 4.13. The highest BCUT2D eigenvalue weighted by Crippen LogP contribution is 2.37. The molecule has 1 saturated carbocycles. The van der Waals surface area contributed by atoms with Crippen molar-refractivity contribution in [2.24, 2.45) is 5.73 Å². The summed E-state index contributed by atoms with van der Waals surface area (Å²) in [6.07, 6.45) is 3.09. The van der Waals surface area contributed by atoms with Crippen LogP contribution < -0.4 is 5.73 Å². The van der Waals surface area contributed by atoms with E-state index in [0.717, 1.165) is 6.54 Å². The van der Waals surface area contributed by atoms with E-state index >= 15 is 0 Å². The molecule has 4 heteroatoms. The Morgan fingerprint density at radius 2 is 2.41 bits per heavy atom. The zero-order chi connectivity index (χ0) is 12.3. The number of hydrogen-bond acceptors (Lipinski definition) is 4. The molecule has 0 aromatic carbocycles. The van der Waals surface area contributed by atoms with Crippen molar-refractivity contribution < 1.29 is 0 Å². The molecular formula is C13H19N3S. The van der Waals surface area contributed by atoms with E-state index in [2.05, 4.69) is 35.4 Å². The van der Waals surface area contributed by atoms with Crippen LogP contribution >= 0.6 is 11.3 Å². The molecule has 2 rings (SSSR count). The molecule has 0 bridgehead atoms. The van der Waals surface area contributed by atoms with E-state index in [0.29, 0.717) is 12.5 Å². The smallest absolute Gasteiger partial charge is 0.0635 e. The lowest BCUT2D eigenvalue weighted by molar-refractivity contribution is 0.173. The zero-order valence-corrected chi connectivity index (χ0v) is 11.0. The van der Waals surface area contributed by atoms with Gasteiger partial charge in [0.25, 0.3) is 0 Å². The summed E-state index contributed by atoms with van der Waals surface area (Å²) in [6, 6.07) is 7.49. The highest BCUT2D eigenvalue weighted by atomic mass is 32.1. The van der Waals surface area contributed by atoms with Crippen molar-refractivity contribution in [1.29, 1.82) is 5.26 Å². The highest BCUT2D eigenvalue weighted by molar-refractivity contribution is 7.10. The fraction of sp³-hybridized carbons (Fsp3) is 0.615. The molecule has 1 heterocycles. The van der Waals surface area contributed by atoms with Gasteiger partial charge in [0.15, 0.2) is 0 Å². The van der Waals surface area contributed by atoms with Crippen LogP contribution in [0, 0.1) is 11.3 Å². The molecule has 1 aliphatic rings. The topological polar surface area (TPSA) is 53.0 Å². The van der Waals surface area contributed by atoms with Crippen LogP contribution in [0.5, 0.6) is 0 Å². The minimum Gasteiger partial charge on any atom is -0.326 e. The van der Waals surface area contributed by atoms with Crippen LogP contribution in [-0.4, -0.2) is 23.5 Å². The third-order valence-electron chi connectivity index (χ3n) is 3.19. The van der Waals surface area contributed by atoms with Crippen LogP contribution in [0.1, 0.15) is 37.1 Å². The van der Waals surface area contributed by atoms with Crippen molar-refractivity contribution in [2.45, 2.75) is 44.3 Å². The van der Waals surface area contributed by atoms with Gasteiger partial charge in [0.1, 0.15) is 0 Å². The van der Waals surface area contributed by atoms with Crippen molar-refractivity contribution in [3.05, 3.63) is 22.4 Å². The van der Waals surface area contributed by atoms with Crippen LogP contribution in [0.25, 0.3) is 0 Å². The van der Waals surface area contributed by atoms with Crippen LogP contribution in [0.2, 0.25) is 0 Å². The summed E-state index contributed by atoms with van der Waals surface area (Å²) in [6.45, 7) is 2.90. The average molecular weight is 249 g/mol. The van der Waals surface area contributed by atoms with Gasteiger partial charge in [-0.1, -0.05) is 6.07 Å². The van der Waals surface area contributed by atoms with Crippen LogP contribution in [0.3, 0.4) is 0 Å². The van der Waals surface area contributed by atoms with Crippen LogP contribution in [-0.2, 0) is 0 Å². The molecule has 1 aromatic heterocycles. The Hall–Kier alpha value is -0.890. The molecule has 0 radical (unpaired) electrons. The minimum absolute atomic E-state index is 0.105. The first-order valence-electron chi connectivity index (χ1n) is 6.15. The van der Waals surface area contributed by atoms with Gasteiger partial charge in [-0.15, -0.1) is 11.3 Å². The van der Waals surface area contributed by atoms with E-state index in [-0.39, 0.29) is 12.1 Å². The van der Waals surface area contributed by atoms with Gasteiger partial charge in [0.2, 0.25) is 0 Å². The fourth-order valence-electron chi connectivity index (χ4n) is 2.32. The maximum atomic E-state index is 8.76. The Morgan fingerprint density at radius 1 is 1.65 bits per heavy atom. The number of rotatable bonds is 6. The molecule has 3 nitrogen and oxygen atoms in total. The van der Waals surface area contributed by atoms with E-state index < -0.39 is 0 Å². The van der Waals surface area contributed by atoms with Gasteiger partial charge in [0, 0.05) is 29.9 Å². The molecule has 1 aliphatic carbocycles. The molecule has 92 valence electrons. The Bertz CT molecular complexity index is 376. The number of nitriles is 1. The Balaban J connectivity index is 2.15. The van der Waals surface area contributed by atoms with Crippen molar-refractivity contribution in [1.82, 2.24) is 4.90 Å². The monoisotopic (exact) mass is 249 g/mol. The summed E-state index contributed by atoms with van der Waals surface area (Å²) in [5.74, 6) is 0. The lowest BCUT2D eigenvalue weighted by atomic mass is 10.1. The maximum absolute atomic E-state index is 8.76. The van der Waals surface area contributed by atoms with Gasteiger partial charge in [-0.3, -0.25) is 4.90 Å². The summed E-state index contributed by atoms with van der Waals surface area (Å²) < 4.78 is 0. The fourth-order valence-corrected chi connectivity index (χ4v) is 3.28. The Morgan fingerprint density at radius 3 is 2.88 bits per heavy atom. The van der Waals surface area contributed by atoms with Crippen molar-refractivity contribution in [3.8, 4) is 6.07 Å². The Labute approximate surface area is 107 Å². The molecule has 0 saturated heterocycles. The zero-order valence-electron chi connectivity index (χ0n) is 10.2. The first-order valence-corrected chi connectivity index (χ1v) is 7.03. The Kier molecular flexibility index (Phi) is 4.16. The summed E-state index contributed by atoms with van der Waals surface area (Å²) in [4.78, 5) is 3.75. The first kappa shape index (κ1) is 12.6. The molecule has 1 aromatic rings. The van der Waals surface area contributed by atoms with Crippen molar-refractivity contribution in [2.75, 3.05) is 6.54 Å². The van der Waals surface area contributed by atoms with Crippen LogP contribution in [0.4, 0.5) is 0 Å². The van der Waals surface area contributed by atoms with E-state index in [1.807, 2.05) is 0 Å². The summed E-state index contributed by atoms with van der Waals surface area (Å²) in [5, 5.41) is 10.9. The number of thiophene rings is 1. The SMILES string of the molecule is CC(N)C(c1cccs1)N(CCC#N)C1CC1. The molecule has 17 heavy (non-hydrogen) atoms. The number of nitrogens with two attached hydrogens (primary N) is 1. The van der Waals surface area contributed by atoms with E-state index in [4.69, 9.17) is 11.0 Å². The molecule has 2 unspecified atom stereocenters.